The first-order valence-corrected chi connectivity index (χ1v) is 6.35. The summed E-state index contributed by atoms with van der Waals surface area (Å²) in [5.41, 5.74) is 1.77. The number of anilines is 1. The average molecular weight is 226 g/mol. The van der Waals surface area contributed by atoms with E-state index in [2.05, 4.69) is 34.4 Å². The highest BCUT2D eigenvalue weighted by atomic mass is 32.1. The van der Waals surface area contributed by atoms with E-state index < -0.39 is 0 Å². The second-order valence-electron chi connectivity index (χ2n) is 4.32. The van der Waals surface area contributed by atoms with Gasteiger partial charge in [-0.05, 0) is 45.8 Å². The molecule has 1 saturated heterocycles. The van der Waals surface area contributed by atoms with Crippen molar-refractivity contribution in [2.75, 3.05) is 25.5 Å². The summed E-state index contributed by atoms with van der Waals surface area (Å²) in [6.07, 6.45) is 2.56. The number of rotatable bonds is 3. The number of hydrogen-bond acceptors (Lipinski definition) is 5. The van der Waals surface area contributed by atoms with E-state index in [4.69, 9.17) is 0 Å². The van der Waals surface area contributed by atoms with Crippen LogP contribution in [0.4, 0.5) is 5.13 Å². The van der Waals surface area contributed by atoms with E-state index in [0.717, 1.165) is 11.0 Å². The van der Waals surface area contributed by atoms with Gasteiger partial charge in [-0.15, -0.1) is 10.2 Å². The molecule has 15 heavy (non-hydrogen) atoms. The van der Waals surface area contributed by atoms with Crippen LogP contribution in [0.2, 0.25) is 0 Å². The van der Waals surface area contributed by atoms with Crippen molar-refractivity contribution in [1.29, 1.82) is 0 Å². The molecule has 0 bridgehead atoms. The van der Waals surface area contributed by atoms with Crippen LogP contribution in [0, 0.1) is 5.92 Å². The molecule has 2 rings (SSSR count). The van der Waals surface area contributed by atoms with Gasteiger partial charge in [0.15, 0.2) is 0 Å². The van der Waals surface area contributed by atoms with Gasteiger partial charge >= 0.3 is 0 Å². The standard InChI is InChI=1S/C10H18N4S/c1-8(12-10-13-11-7-15-10)9-3-5-14(2)6-4-9/h7-9H,3-6H2,1-2H3,(H,12,13). The van der Waals surface area contributed by atoms with Crippen LogP contribution in [0.5, 0.6) is 0 Å². The van der Waals surface area contributed by atoms with Gasteiger partial charge in [0.2, 0.25) is 5.13 Å². The van der Waals surface area contributed by atoms with Gasteiger partial charge in [-0.2, -0.15) is 0 Å². The molecule has 0 amide bonds. The van der Waals surface area contributed by atoms with E-state index in [9.17, 15) is 0 Å². The van der Waals surface area contributed by atoms with Crippen molar-refractivity contribution in [3.63, 3.8) is 0 Å². The van der Waals surface area contributed by atoms with Crippen molar-refractivity contribution in [3.8, 4) is 0 Å². The molecule has 0 saturated carbocycles. The maximum absolute atomic E-state index is 4.01. The molecular weight excluding hydrogens is 208 g/mol. The summed E-state index contributed by atoms with van der Waals surface area (Å²) in [6.45, 7) is 4.68. The molecule has 1 unspecified atom stereocenters. The number of nitrogens with zero attached hydrogens (tertiary/aromatic N) is 3. The number of piperidine rings is 1. The Morgan fingerprint density at radius 3 is 2.87 bits per heavy atom. The molecule has 0 aliphatic carbocycles. The lowest BCUT2D eigenvalue weighted by atomic mass is 9.91. The van der Waals surface area contributed by atoms with E-state index in [1.54, 1.807) is 16.8 Å². The fourth-order valence-electron chi connectivity index (χ4n) is 2.08. The highest BCUT2D eigenvalue weighted by Crippen LogP contribution is 2.22. The second-order valence-corrected chi connectivity index (χ2v) is 5.15. The molecule has 0 spiro atoms. The monoisotopic (exact) mass is 226 g/mol. The molecule has 1 aromatic heterocycles. The molecule has 84 valence electrons. The Morgan fingerprint density at radius 1 is 1.53 bits per heavy atom. The zero-order chi connectivity index (χ0) is 10.7. The smallest absolute Gasteiger partial charge is 0.205 e. The summed E-state index contributed by atoms with van der Waals surface area (Å²) in [5.74, 6) is 0.769. The van der Waals surface area contributed by atoms with E-state index in [-0.39, 0.29) is 0 Å². The minimum Gasteiger partial charge on any atom is -0.357 e. The molecule has 1 N–H and O–H groups in total. The SMILES string of the molecule is CC(Nc1nncs1)C1CCN(C)CC1. The lowest BCUT2D eigenvalue weighted by Gasteiger charge is -2.32. The van der Waals surface area contributed by atoms with Gasteiger partial charge in [0.1, 0.15) is 5.51 Å². The normalized spacial score (nSPS) is 21.5. The molecule has 0 radical (unpaired) electrons. The Hall–Kier alpha value is -0.680. The highest BCUT2D eigenvalue weighted by molar-refractivity contribution is 7.13. The van der Waals surface area contributed by atoms with Crippen LogP contribution in [0.1, 0.15) is 19.8 Å². The van der Waals surface area contributed by atoms with Gasteiger partial charge in [-0.25, -0.2) is 0 Å². The molecule has 1 aliphatic heterocycles. The van der Waals surface area contributed by atoms with E-state index in [1.807, 2.05) is 0 Å². The van der Waals surface area contributed by atoms with Crippen LogP contribution in [-0.2, 0) is 0 Å². The Labute approximate surface area is 94.7 Å². The van der Waals surface area contributed by atoms with Gasteiger partial charge in [0.05, 0.1) is 0 Å². The Bertz CT molecular complexity index is 280. The van der Waals surface area contributed by atoms with Crippen molar-refractivity contribution < 1.29 is 0 Å². The minimum absolute atomic E-state index is 0.506. The van der Waals surface area contributed by atoms with Crippen molar-refractivity contribution in [2.24, 2.45) is 5.92 Å². The third kappa shape index (κ3) is 2.89. The number of likely N-dealkylation sites (tertiary alicyclic amines) is 1. The van der Waals surface area contributed by atoms with Gasteiger partial charge < -0.3 is 10.2 Å². The third-order valence-corrected chi connectivity index (χ3v) is 3.80. The fraction of sp³-hybridized carbons (Fsp3) is 0.800. The second kappa shape index (κ2) is 4.90. The van der Waals surface area contributed by atoms with Gasteiger partial charge in [-0.3, -0.25) is 0 Å². The molecule has 5 heteroatoms. The largest absolute Gasteiger partial charge is 0.357 e. The summed E-state index contributed by atoms with van der Waals surface area (Å²) in [7, 11) is 2.19. The van der Waals surface area contributed by atoms with Crippen LogP contribution < -0.4 is 5.32 Å². The van der Waals surface area contributed by atoms with Crippen LogP contribution in [0.15, 0.2) is 5.51 Å². The Balaban J connectivity index is 1.83. The van der Waals surface area contributed by atoms with E-state index in [1.165, 1.54) is 25.9 Å². The maximum atomic E-state index is 4.01. The maximum Gasteiger partial charge on any atom is 0.205 e. The lowest BCUT2D eigenvalue weighted by molar-refractivity contribution is 0.208. The zero-order valence-electron chi connectivity index (χ0n) is 9.31. The molecule has 4 nitrogen and oxygen atoms in total. The lowest BCUT2D eigenvalue weighted by Crippen LogP contribution is -2.37. The zero-order valence-corrected chi connectivity index (χ0v) is 10.1. The first-order valence-electron chi connectivity index (χ1n) is 5.47. The summed E-state index contributed by atoms with van der Waals surface area (Å²) in [4.78, 5) is 2.40. The average Bonchev–Trinajstić information content (AvgIpc) is 2.71. The summed E-state index contributed by atoms with van der Waals surface area (Å²) in [6, 6.07) is 0.506. The Morgan fingerprint density at radius 2 is 2.27 bits per heavy atom. The van der Waals surface area contributed by atoms with Crippen molar-refractivity contribution in [1.82, 2.24) is 15.1 Å². The minimum atomic E-state index is 0.506. The van der Waals surface area contributed by atoms with Crippen LogP contribution in [-0.4, -0.2) is 41.3 Å². The molecule has 1 aromatic rings. The number of nitrogens with one attached hydrogen (secondary N) is 1. The van der Waals surface area contributed by atoms with Crippen LogP contribution in [0.25, 0.3) is 0 Å². The number of hydrogen-bond donors (Lipinski definition) is 1. The van der Waals surface area contributed by atoms with Crippen molar-refractivity contribution in [2.45, 2.75) is 25.8 Å². The molecule has 1 atom stereocenters. The highest BCUT2D eigenvalue weighted by Gasteiger charge is 2.22. The van der Waals surface area contributed by atoms with Crippen LogP contribution >= 0.6 is 11.3 Å². The molecular formula is C10H18N4S. The van der Waals surface area contributed by atoms with Gasteiger partial charge in [-0.1, -0.05) is 11.3 Å². The molecule has 0 aromatic carbocycles. The predicted octanol–water partition coefficient (Wildman–Crippen LogP) is 1.68. The molecule has 2 heterocycles. The number of aromatic nitrogens is 2. The topological polar surface area (TPSA) is 41.1 Å². The summed E-state index contributed by atoms with van der Waals surface area (Å²) in [5, 5.41) is 12.2. The van der Waals surface area contributed by atoms with E-state index >= 15 is 0 Å². The van der Waals surface area contributed by atoms with E-state index in [0.29, 0.717) is 6.04 Å². The van der Waals surface area contributed by atoms with Crippen molar-refractivity contribution >= 4 is 16.5 Å². The summed E-state index contributed by atoms with van der Waals surface area (Å²) >= 11 is 1.57. The van der Waals surface area contributed by atoms with Gasteiger partial charge in [0, 0.05) is 6.04 Å². The first-order chi connectivity index (χ1) is 7.25. The van der Waals surface area contributed by atoms with Gasteiger partial charge in [0.25, 0.3) is 0 Å². The fourth-order valence-corrected chi connectivity index (χ4v) is 2.62. The summed E-state index contributed by atoms with van der Waals surface area (Å²) < 4.78 is 0. The third-order valence-electron chi connectivity index (χ3n) is 3.18. The Kier molecular flexibility index (Phi) is 3.53. The van der Waals surface area contributed by atoms with Crippen molar-refractivity contribution in [3.05, 3.63) is 5.51 Å². The predicted molar refractivity (Wildman–Crippen MR) is 63.2 cm³/mol. The van der Waals surface area contributed by atoms with Crippen LogP contribution in [0.3, 0.4) is 0 Å². The molecule has 1 aliphatic rings. The molecule has 1 fully saturated rings. The first kappa shape index (κ1) is 10.8. The quantitative estimate of drug-likeness (QED) is 0.851.